The first-order valence-electron chi connectivity index (χ1n) is 7.26. The number of carbonyl (C=O) groups is 1. The standard InChI is InChI=1S/C15H20N4OS/c1-12(9-16-15(20)11-19-6-2-5-17-19)18-7-3-14-13(10-18)4-8-21-14/h2,4-6,8,12H,3,7,9-11H2,1H3,(H,16,20)/t12-/m1/s1. The van der Waals surface area contributed by atoms with E-state index in [0.29, 0.717) is 12.6 Å². The summed E-state index contributed by atoms with van der Waals surface area (Å²) in [5.41, 5.74) is 1.45. The third-order valence-corrected chi connectivity index (χ3v) is 4.94. The van der Waals surface area contributed by atoms with Crippen LogP contribution in [0.3, 0.4) is 0 Å². The quantitative estimate of drug-likeness (QED) is 0.911. The molecule has 3 heterocycles. The maximum Gasteiger partial charge on any atom is 0.241 e. The SMILES string of the molecule is C[C@H](CNC(=O)Cn1cccn1)N1CCc2sccc2C1. The van der Waals surface area contributed by atoms with Crippen LogP contribution >= 0.6 is 11.3 Å². The predicted octanol–water partition coefficient (Wildman–Crippen LogP) is 1.51. The first kappa shape index (κ1) is 14.3. The molecule has 0 saturated heterocycles. The second-order valence-corrected chi connectivity index (χ2v) is 6.45. The van der Waals surface area contributed by atoms with Crippen LogP contribution in [-0.4, -0.2) is 39.7 Å². The molecule has 1 aliphatic heterocycles. The van der Waals surface area contributed by atoms with Gasteiger partial charge < -0.3 is 5.32 Å². The molecule has 112 valence electrons. The molecule has 0 spiro atoms. The molecule has 0 aliphatic carbocycles. The highest BCUT2D eigenvalue weighted by molar-refractivity contribution is 7.10. The summed E-state index contributed by atoms with van der Waals surface area (Å²) in [6.45, 7) is 5.21. The van der Waals surface area contributed by atoms with Gasteiger partial charge in [-0.05, 0) is 36.4 Å². The first-order valence-corrected chi connectivity index (χ1v) is 8.14. The molecule has 2 aromatic heterocycles. The van der Waals surface area contributed by atoms with Gasteiger partial charge in [-0.25, -0.2) is 0 Å². The van der Waals surface area contributed by atoms with E-state index in [2.05, 4.69) is 33.7 Å². The fraction of sp³-hybridized carbons (Fsp3) is 0.467. The van der Waals surface area contributed by atoms with E-state index in [1.807, 2.05) is 17.4 Å². The predicted molar refractivity (Wildman–Crippen MR) is 83.1 cm³/mol. The van der Waals surface area contributed by atoms with Crippen LogP contribution in [0.15, 0.2) is 29.9 Å². The third kappa shape index (κ3) is 3.51. The zero-order chi connectivity index (χ0) is 14.7. The molecule has 2 aromatic rings. The summed E-state index contributed by atoms with van der Waals surface area (Å²) in [5, 5.41) is 9.21. The van der Waals surface area contributed by atoms with Gasteiger partial charge in [0.25, 0.3) is 0 Å². The average molecular weight is 304 g/mol. The Balaban J connectivity index is 1.46. The fourth-order valence-electron chi connectivity index (χ4n) is 2.63. The number of hydrogen-bond acceptors (Lipinski definition) is 4. The van der Waals surface area contributed by atoms with E-state index in [4.69, 9.17) is 0 Å². The second kappa shape index (κ2) is 6.41. The summed E-state index contributed by atoms with van der Waals surface area (Å²) >= 11 is 1.85. The highest BCUT2D eigenvalue weighted by Crippen LogP contribution is 2.24. The van der Waals surface area contributed by atoms with E-state index in [-0.39, 0.29) is 12.5 Å². The first-order chi connectivity index (χ1) is 10.2. The Morgan fingerprint density at radius 1 is 1.57 bits per heavy atom. The highest BCUT2D eigenvalue weighted by Gasteiger charge is 2.21. The number of carbonyl (C=O) groups excluding carboxylic acids is 1. The molecular weight excluding hydrogens is 284 g/mol. The number of rotatable bonds is 5. The maximum absolute atomic E-state index is 11.9. The van der Waals surface area contributed by atoms with Crippen molar-refractivity contribution in [2.24, 2.45) is 0 Å². The van der Waals surface area contributed by atoms with Crippen molar-refractivity contribution in [2.75, 3.05) is 13.1 Å². The van der Waals surface area contributed by atoms with Gasteiger partial charge in [0.15, 0.2) is 0 Å². The topological polar surface area (TPSA) is 50.2 Å². The van der Waals surface area contributed by atoms with Gasteiger partial charge in [-0.1, -0.05) is 0 Å². The largest absolute Gasteiger partial charge is 0.353 e. The summed E-state index contributed by atoms with van der Waals surface area (Å²) in [6, 6.07) is 4.39. The average Bonchev–Trinajstić information content (AvgIpc) is 3.14. The molecule has 1 aliphatic rings. The number of aromatic nitrogens is 2. The van der Waals surface area contributed by atoms with Crippen LogP contribution in [0.1, 0.15) is 17.4 Å². The van der Waals surface area contributed by atoms with Gasteiger partial charge >= 0.3 is 0 Å². The van der Waals surface area contributed by atoms with Crippen LogP contribution in [0.5, 0.6) is 0 Å². The number of nitrogens with zero attached hydrogens (tertiary/aromatic N) is 3. The minimum Gasteiger partial charge on any atom is -0.353 e. The number of fused-ring (bicyclic) bond motifs is 1. The Bertz CT molecular complexity index is 593. The minimum atomic E-state index is 0.0128. The lowest BCUT2D eigenvalue weighted by molar-refractivity contribution is -0.122. The Labute approximate surface area is 128 Å². The molecular formula is C15H20N4OS. The van der Waals surface area contributed by atoms with Gasteiger partial charge in [0.05, 0.1) is 0 Å². The van der Waals surface area contributed by atoms with Gasteiger partial charge in [-0.2, -0.15) is 5.10 Å². The van der Waals surface area contributed by atoms with E-state index in [9.17, 15) is 4.79 Å². The van der Waals surface area contributed by atoms with Crippen LogP contribution in [0, 0.1) is 0 Å². The van der Waals surface area contributed by atoms with Crippen LogP contribution < -0.4 is 5.32 Å². The number of hydrogen-bond donors (Lipinski definition) is 1. The summed E-state index contributed by atoms with van der Waals surface area (Å²) < 4.78 is 1.64. The number of thiophene rings is 1. The van der Waals surface area contributed by atoms with Crippen LogP contribution in [0.4, 0.5) is 0 Å². The Kier molecular flexibility index (Phi) is 4.36. The minimum absolute atomic E-state index is 0.0128. The van der Waals surface area contributed by atoms with Gasteiger partial charge in [-0.3, -0.25) is 14.4 Å². The molecule has 0 fully saturated rings. The Hall–Kier alpha value is -1.66. The van der Waals surface area contributed by atoms with Crippen LogP contribution in [0.25, 0.3) is 0 Å². The fourth-order valence-corrected chi connectivity index (χ4v) is 3.52. The van der Waals surface area contributed by atoms with Gasteiger partial charge in [-0.15, -0.1) is 11.3 Å². The summed E-state index contributed by atoms with van der Waals surface area (Å²) in [4.78, 5) is 15.8. The van der Waals surface area contributed by atoms with Gasteiger partial charge in [0, 0.05) is 42.9 Å². The number of amides is 1. The molecule has 0 unspecified atom stereocenters. The smallest absolute Gasteiger partial charge is 0.241 e. The Morgan fingerprint density at radius 3 is 3.29 bits per heavy atom. The maximum atomic E-state index is 11.9. The molecule has 5 nitrogen and oxygen atoms in total. The summed E-state index contributed by atoms with van der Waals surface area (Å²) in [5.74, 6) is 0.0128. The molecule has 3 rings (SSSR count). The zero-order valence-corrected chi connectivity index (χ0v) is 13.0. The third-order valence-electron chi connectivity index (χ3n) is 3.92. The molecule has 0 aromatic carbocycles. The van der Waals surface area contributed by atoms with E-state index in [1.54, 1.807) is 17.1 Å². The van der Waals surface area contributed by atoms with E-state index in [0.717, 1.165) is 19.5 Å². The monoisotopic (exact) mass is 304 g/mol. The van der Waals surface area contributed by atoms with Gasteiger partial charge in [0.2, 0.25) is 5.91 Å². The van der Waals surface area contributed by atoms with Crippen LogP contribution in [0.2, 0.25) is 0 Å². The van der Waals surface area contributed by atoms with Crippen molar-refractivity contribution in [1.82, 2.24) is 20.0 Å². The van der Waals surface area contributed by atoms with E-state index < -0.39 is 0 Å². The van der Waals surface area contributed by atoms with Crippen molar-refractivity contribution < 1.29 is 4.79 Å². The van der Waals surface area contributed by atoms with Crippen molar-refractivity contribution in [3.63, 3.8) is 0 Å². The molecule has 21 heavy (non-hydrogen) atoms. The molecule has 0 bridgehead atoms. The highest BCUT2D eigenvalue weighted by atomic mass is 32.1. The molecule has 1 amide bonds. The molecule has 6 heteroatoms. The lowest BCUT2D eigenvalue weighted by atomic mass is 10.1. The van der Waals surface area contributed by atoms with Crippen molar-refractivity contribution >= 4 is 17.2 Å². The van der Waals surface area contributed by atoms with Crippen LogP contribution in [-0.2, 0) is 24.3 Å². The van der Waals surface area contributed by atoms with Crippen molar-refractivity contribution in [2.45, 2.75) is 32.5 Å². The summed E-state index contributed by atoms with van der Waals surface area (Å²) in [6.07, 6.45) is 4.60. The van der Waals surface area contributed by atoms with Crippen molar-refractivity contribution in [3.05, 3.63) is 40.3 Å². The van der Waals surface area contributed by atoms with Crippen molar-refractivity contribution in [3.8, 4) is 0 Å². The van der Waals surface area contributed by atoms with E-state index in [1.165, 1.54) is 10.4 Å². The molecule has 1 N–H and O–H groups in total. The molecule has 0 radical (unpaired) electrons. The lowest BCUT2D eigenvalue weighted by Crippen LogP contribution is -2.44. The number of nitrogens with one attached hydrogen (secondary N) is 1. The molecule has 1 atom stereocenters. The second-order valence-electron chi connectivity index (χ2n) is 5.45. The van der Waals surface area contributed by atoms with E-state index >= 15 is 0 Å². The zero-order valence-electron chi connectivity index (χ0n) is 12.2. The van der Waals surface area contributed by atoms with Crippen molar-refractivity contribution in [1.29, 1.82) is 0 Å². The Morgan fingerprint density at radius 2 is 2.48 bits per heavy atom. The molecule has 0 saturated carbocycles. The summed E-state index contributed by atoms with van der Waals surface area (Å²) in [7, 11) is 0. The lowest BCUT2D eigenvalue weighted by Gasteiger charge is -2.32. The normalized spacial score (nSPS) is 16.4. The van der Waals surface area contributed by atoms with Gasteiger partial charge in [0.1, 0.15) is 6.54 Å².